The molecular formula is C32H33N5O6. The fourth-order valence-electron chi connectivity index (χ4n) is 5.87. The van der Waals surface area contributed by atoms with Gasteiger partial charge in [0.05, 0.1) is 38.0 Å². The number of benzene rings is 2. The summed E-state index contributed by atoms with van der Waals surface area (Å²) in [4.78, 5) is 48.8. The van der Waals surface area contributed by atoms with Gasteiger partial charge in [-0.1, -0.05) is 36.1 Å². The summed E-state index contributed by atoms with van der Waals surface area (Å²) >= 11 is 0. The summed E-state index contributed by atoms with van der Waals surface area (Å²) in [5, 5.41) is 19.5. The fourth-order valence-corrected chi connectivity index (χ4v) is 5.87. The third-order valence-electron chi connectivity index (χ3n) is 8.43. The zero-order valence-corrected chi connectivity index (χ0v) is 23.6. The molecule has 1 unspecified atom stereocenters. The first-order chi connectivity index (χ1) is 20.9. The normalized spacial score (nSPS) is 22.1. The minimum Gasteiger partial charge on any atom is -0.502 e. The summed E-state index contributed by atoms with van der Waals surface area (Å²) in [7, 11) is 0. The fraction of sp³-hybridized carbons (Fsp3) is 0.375. The number of aromatic amines is 1. The van der Waals surface area contributed by atoms with E-state index in [1.54, 1.807) is 4.90 Å². The summed E-state index contributed by atoms with van der Waals surface area (Å²) < 4.78 is 5.42. The highest BCUT2D eigenvalue weighted by Gasteiger charge is 2.48. The Hall–Kier alpha value is -4.66. The molecule has 1 saturated carbocycles. The average Bonchev–Trinajstić information content (AvgIpc) is 3.30. The van der Waals surface area contributed by atoms with Crippen molar-refractivity contribution in [1.29, 1.82) is 0 Å². The Morgan fingerprint density at radius 2 is 1.63 bits per heavy atom. The zero-order valence-electron chi connectivity index (χ0n) is 23.6. The van der Waals surface area contributed by atoms with Crippen LogP contribution in [-0.4, -0.2) is 85.8 Å². The van der Waals surface area contributed by atoms with E-state index in [1.807, 2.05) is 36.4 Å². The highest BCUT2D eigenvalue weighted by molar-refractivity contribution is 5.79. The van der Waals surface area contributed by atoms with E-state index >= 15 is 0 Å². The van der Waals surface area contributed by atoms with Crippen molar-refractivity contribution in [3.8, 4) is 17.6 Å². The minimum atomic E-state index is -0.858. The number of aliphatic carboxylic acids is 1. The number of carbonyl (C=O) groups excluding carboxylic acids is 1. The topological polar surface area (TPSA) is 139 Å². The number of carbonyl (C=O) groups is 2. The molecule has 43 heavy (non-hydrogen) atoms. The van der Waals surface area contributed by atoms with E-state index in [1.165, 1.54) is 16.8 Å². The largest absolute Gasteiger partial charge is 0.502 e. The molecule has 11 nitrogen and oxygen atoms in total. The van der Waals surface area contributed by atoms with Crippen molar-refractivity contribution in [2.24, 2.45) is 5.92 Å². The molecule has 222 valence electrons. The van der Waals surface area contributed by atoms with E-state index in [0.717, 1.165) is 49.5 Å². The van der Waals surface area contributed by atoms with Crippen LogP contribution in [0.25, 0.3) is 0 Å². The lowest BCUT2D eigenvalue weighted by Gasteiger charge is -2.41. The number of hydrogen-bond donors (Lipinski definition) is 3. The predicted octanol–water partition coefficient (Wildman–Crippen LogP) is 2.55. The quantitative estimate of drug-likeness (QED) is 0.361. The number of rotatable bonds is 7. The number of urea groups is 1. The SMILES string of the molecule is O=C(O)C1CC(N2C(=O)N(Cc3nc[nH]c(=O)c3O)CC2c2ccc(C#Cc3ccc(CN4CCOCC4)cc3)cc2)C1. The Bertz CT molecular complexity index is 1600. The van der Waals surface area contributed by atoms with Crippen LogP contribution in [0.3, 0.4) is 0 Å². The second kappa shape index (κ2) is 12.3. The summed E-state index contributed by atoms with van der Waals surface area (Å²) in [6.45, 7) is 4.62. The van der Waals surface area contributed by atoms with E-state index < -0.39 is 23.2 Å². The number of carboxylic acids is 1. The van der Waals surface area contributed by atoms with Crippen molar-refractivity contribution in [3.63, 3.8) is 0 Å². The number of H-pyrrole nitrogens is 1. The van der Waals surface area contributed by atoms with Gasteiger partial charge in [0, 0.05) is 43.3 Å². The Labute approximate surface area is 248 Å². The third-order valence-corrected chi connectivity index (χ3v) is 8.43. The van der Waals surface area contributed by atoms with Crippen molar-refractivity contribution in [3.05, 3.63) is 93.2 Å². The molecule has 2 amide bonds. The van der Waals surface area contributed by atoms with Crippen LogP contribution >= 0.6 is 0 Å². The second-order valence-electron chi connectivity index (χ2n) is 11.2. The highest BCUT2D eigenvalue weighted by Crippen LogP contribution is 2.41. The van der Waals surface area contributed by atoms with Gasteiger partial charge >= 0.3 is 12.0 Å². The lowest BCUT2D eigenvalue weighted by molar-refractivity contribution is -0.146. The summed E-state index contributed by atoms with van der Waals surface area (Å²) in [5.41, 5.74) is 3.33. The van der Waals surface area contributed by atoms with Crippen LogP contribution in [0, 0.1) is 17.8 Å². The molecule has 3 fully saturated rings. The Kier molecular flexibility index (Phi) is 8.13. The van der Waals surface area contributed by atoms with Gasteiger partial charge in [-0.05, 0) is 48.2 Å². The first-order valence-electron chi connectivity index (χ1n) is 14.4. The molecule has 2 aromatic carbocycles. The number of amides is 2. The van der Waals surface area contributed by atoms with E-state index in [9.17, 15) is 24.6 Å². The van der Waals surface area contributed by atoms with Crippen LogP contribution < -0.4 is 5.56 Å². The molecule has 0 spiro atoms. The van der Waals surface area contributed by atoms with E-state index in [0.29, 0.717) is 19.4 Å². The van der Waals surface area contributed by atoms with Crippen molar-refractivity contribution in [2.75, 3.05) is 32.8 Å². The molecule has 1 aliphatic carbocycles. The number of nitrogens with one attached hydrogen (secondary N) is 1. The maximum atomic E-state index is 13.5. The van der Waals surface area contributed by atoms with Gasteiger partial charge in [0.1, 0.15) is 5.69 Å². The summed E-state index contributed by atoms with van der Waals surface area (Å²) in [5.74, 6) is 4.58. The standard InChI is InChI=1S/C32H33N5O6/c38-29-27(33-20-34-30(29)39)18-36-19-28(37(32(36)42)26-15-25(16-26)31(40)41)24-9-7-22(8-10-24)2-1-21-3-5-23(6-4-21)17-35-11-13-43-14-12-35/h3-10,20,25-26,28,38H,11-19H2,(H,40,41)(H,33,34,39). The first-order valence-corrected chi connectivity index (χ1v) is 14.4. The molecule has 0 radical (unpaired) electrons. The number of carboxylic acid groups (broad SMARTS) is 1. The number of hydrogen-bond acceptors (Lipinski definition) is 7. The lowest BCUT2D eigenvalue weighted by atomic mass is 9.79. The van der Waals surface area contributed by atoms with Gasteiger partial charge in [-0.15, -0.1) is 0 Å². The van der Waals surface area contributed by atoms with Crippen LogP contribution in [0.15, 0.2) is 59.7 Å². The molecule has 11 heteroatoms. The summed E-state index contributed by atoms with van der Waals surface area (Å²) in [6.07, 6.45) is 1.96. The molecule has 3 N–H and O–H groups in total. The molecule has 2 saturated heterocycles. The van der Waals surface area contributed by atoms with Crippen molar-refractivity contribution >= 4 is 12.0 Å². The van der Waals surface area contributed by atoms with Crippen LogP contribution in [-0.2, 0) is 22.6 Å². The van der Waals surface area contributed by atoms with Gasteiger partial charge in [-0.3, -0.25) is 14.5 Å². The van der Waals surface area contributed by atoms with Gasteiger partial charge in [0.2, 0.25) is 5.75 Å². The highest BCUT2D eigenvalue weighted by atomic mass is 16.5. The number of morpholine rings is 1. The average molecular weight is 584 g/mol. The smallest absolute Gasteiger partial charge is 0.321 e. The van der Waals surface area contributed by atoms with Gasteiger partial charge < -0.3 is 29.7 Å². The number of ether oxygens (including phenoxy) is 1. The lowest BCUT2D eigenvalue weighted by Crippen LogP contribution is -2.49. The van der Waals surface area contributed by atoms with Crippen molar-refractivity contribution in [2.45, 2.75) is 38.0 Å². The molecule has 1 aromatic heterocycles. The zero-order chi connectivity index (χ0) is 29.9. The van der Waals surface area contributed by atoms with E-state index in [4.69, 9.17) is 4.74 Å². The molecule has 1 atom stereocenters. The molecule has 3 aliphatic rings. The van der Waals surface area contributed by atoms with E-state index in [2.05, 4.69) is 38.8 Å². The molecule has 6 rings (SSSR count). The molecule has 3 heterocycles. The van der Waals surface area contributed by atoms with Gasteiger partial charge in [0.15, 0.2) is 0 Å². The number of aromatic hydroxyl groups is 1. The Morgan fingerprint density at radius 1 is 0.977 bits per heavy atom. The number of nitrogens with zero attached hydrogens (tertiary/aromatic N) is 4. The Balaban J connectivity index is 1.16. The first kappa shape index (κ1) is 28.5. The number of aromatic nitrogens is 2. The Morgan fingerprint density at radius 3 is 2.28 bits per heavy atom. The minimum absolute atomic E-state index is 0.0362. The van der Waals surface area contributed by atoms with Crippen molar-refractivity contribution < 1.29 is 24.5 Å². The molecule has 2 aliphatic heterocycles. The third kappa shape index (κ3) is 6.26. The monoisotopic (exact) mass is 583 g/mol. The maximum absolute atomic E-state index is 13.5. The molecule has 3 aromatic rings. The van der Waals surface area contributed by atoms with Gasteiger partial charge in [-0.25, -0.2) is 9.78 Å². The van der Waals surface area contributed by atoms with Gasteiger partial charge in [0.25, 0.3) is 5.56 Å². The van der Waals surface area contributed by atoms with E-state index in [-0.39, 0.29) is 30.4 Å². The van der Waals surface area contributed by atoms with Crippen molar-refractivity contribution in [1.82, 2.24) is 24.7 Å². The van der Waals surface area contributed by atoms with Crippen LogP contribution in [0.5, 0.6) is 5.75 Å². The molecular weight excluding hydrogens is 550 g/mol. The predicted molar refractivity (Wildman–Crippen MR) is 156 cm³/mol. The summed E-state index contributed by atoms with van der Waals surface area (Å²) in [6, 6.07) is 15.2. The maximum Gasteiger partial charge on any atom is 0.321 e. The van der Waals surface area contributed by atoms with Crippen LogP contribution in [0.4, 0.5) is 4.79 Å². The second-order valence-corrected chi connectivity index (χ2v) is 11.2. The van der Waals surface area contributed by atoms with Gasteiger partial charge in [-0.2, -0.15) is 0 Å². The van der Waals surface area contributed by atoms with Crippen LogP contribution in [0.1, 0.15) is 46.8 Å². The van der Waals surface area contributed by atoms with Crippen LogP contribution in [0.2, 0.25) is 0 Å². The molecule has 0 bridgehead atoms.